The van der Waals surface area contributed by atoms with E-state index in [0.29, 0.717) is 23.6 Å². The highest BCUT2D eigenvalue weighted by Crippen LogP contribution is 2.28. The first-order valence-electron chi connectivity index (χ1n) is 10.5. The van der Waals surface area contributed by atoms with Crippen molar-refractivity contribution in [3.63, 3.8) is 0 Å². The van der Waals surface area contributed by atoms with Crippen LogP contribution in [0.5, 0.6) is 5.75 Å². The van der Waals surface area contributed by atoms with Gasteiger partial charge in [-0.25, -0.2) is 8.42 Å². The van der Waals surface area contributed by atoms with Crippen LogP contribution in [0, 0.1) is 5.92 Å². The SMILES string of the molecule is COc1ccc(C(NC(=O)C2CCCN(S(=O)(=O)c3cccs3)C2)c2ccccc2)cc1. The smallest absolute Gasteiger partial charge is 0.252 e. The number of hydrogen-bond acceptors (Lipinski definition) is 5. The Morgan fingerprint density at radius 3 is 2.44 bits per heavy atom. The van der Waals surface area contributed by atoms with Crippen molar-refractivity contribution in [2.75, 3.05) is 20.2 Å². The zero-order chi connectivity index (χ0) is 22.6. The summed E-state index contributed by atoms with van der Waals surface area (Å²) in [6.45, 7) is 0.626. The average molecular weight is 471 g/mol. The van der Waals surface area contributed by atoms with Gasteiger partial charge in [0, 0.05) is 13.1 Å². The minimum atomic E-state index is -3.57. The van der Waals surface area contributed by atoms with E-state index in [-0.39, 0.29) is 18.5 Å². The molecule has 1 N–H and O–H groups in total. The van der Waals surface area contributed by atoms with Gasteiger partial charge in [0.2, 0.25) is 5.91 Å². The Balaban J connectivity index is 1.54. The van der Waals surface area contributed by atoms with Gasteiger partial charge in [-0.1, -0.05) is 48.5 Å². The van der Waals surface area contributed by atoms with Gasteiger partial charge in [-0.3, -0.25) is 4.79 Å². The number of rotatable bonds is 7. The van der Waals surface area contributed by atoms with Gasteiger partial charge in [-0.2, -0.15) is 4.31 Å². The molecule has 2 heterocycles. The number of ether oxygens (including phenoxy) is 1. The van der Waals surface area contributed by atoms with Gasteiger partial charge < -0.3 is 10.1 Å². The molecule has 3 aromatic rings. The van der Waals surface area contributed by atoms with Crippen molar-refractivity contribution in [1.82, 2.24) is 9.62 Å². The monoisotopic (exact) mass is 470 g/mol. The Morgan fingerprint density at radius 2 is 1.78 bits per heavy atom. The standard InChI is InChI=1S/C24H26N2O4S2/c1-30-21-13-11-19(12-14-21)23(18-7-3-2-4-8-18)25-24(27)20-9-5-15-26(17-20)32(28,29)22-10-6-16-31-22/h2-4,6-8,10-14,16,20,23H,5,9,15,17H2,1H3,(H,25,27). The zero-order valence-corrected chi connectivity index (χ0v) is 19.4. The molecule has 1 saturated heterocycles. The Morgan fingerprint density at radius 1 is 1.06 bits per heavy atom. The molecule has 1 aromatic heterocycles. The highest BCUT2D eigenvalue weighted by atomic mass is 32.2. The van der Waals surface area contributed by atoms with E-state index in [2.05, 4.69) is 5.32 Å². The fourth-order valence-corrected chi connectivity index (χ4v) is 6.64. The molecule has 2 atom stereocenters. The predicted molar refractivity (Wildman–Crippen MR) is 125 cm³/mol. The average Bonchev–Trinajstić information content (AvgIpc) is 3.39. The number of carbonyl (C=O) groups excluding carboxylic acids is 1. The third-order valence-electron chi connectivity index (χ3n) is 5.71. The molecule has 1 fully saturated rings. The van der Waals surface area contributed by atoms with Crippen molar-refractivity contribution in [3.05, 3.63) is 83.2 Å². The lowest BCUT2D eigenvalue weighted by Crippen LogP contribution is -2.46. The molecule has 0 radical (unpaired) electrons. The lowest BCUT2D eigenvalue weighted by atomic mass is 9.95. The molecule has 6 nitrogen and oxygen atoms in total. The number of nitrogens with one attached hydrogen (secondary N) is 1. The van der Waals surface area contributed by atoms with Crippen LogP contribution >= 0.6 is 11.3 Å². The molecule has 32 heavy (non-hydrogen) atoms. The fraction of sp³-hybridized carbons (Fsp3) is 0.292. The molecular weight excluding hydrogens is 444 g/mol. The van der Waals surface area contributed by atoms with Crippen molar-refractivity contribution in [3.8, 4) is 5.75 Å². The summed E-state index contributed by atoms with van der Waals surface area (Å²) >= 11 is 1.20. The van der Waals surface area contributed by atoms with Crippen molar-refractivity contribution in [1.29, 1.82) is 0 Å². The van der Waals surface area contributed by atoms with Gasteiger partial charge in [0.25, 0.3) is 10.0 Å². The largest absolute Gasteiger partial charge is 0.497 e. The van der Waals surface area contributed by atoms with Gasteiger partial charge in [-0.15, -0.1) is 11.3 Å². The Labute approximate surface area is 192 Å². The Hall–Kier alpha value is -2.68. The highest BCUT2D eigenvalue weighted by molar-refractivity contribution is 7.91. The number of benzene rings is 2. The van der Waals surface area contributed by atoms with Gasteiger partial charge >= 0.3 is 0 Å². The van der Waals surface area contributed by atoms with E-state index in [1.165, 1.54) is 15.6 Å². The van der Waals surface area contributed by atoms with E-state index in [1.54, 1.807) is 24.6 Å². The topological polar surface area (TPSA) is 75.7 Å². The molecule has 0 bridgehead atoms. The molecule has 0 saturated carbocycles. The minimum absolute atomic E-state index is 0.138. The number of hydrogen-bond donors (Lipinski definition) is 1. The van der Waals surface area contributed by atoms with E-state index >= 15 is 0 Å². The molecule has 0 spiro atoms. The Bertz CT molecular complexity index is 1130. The first kappa shape index (κ1) is 22.5. The van der Waals surface area contributed by atoms with Gasteiger partial charge in [0.15, 0.2) is 0 Å². The fourth-order valence-electron chi connectivity index (χ4n) is 3.97. The second kappa shape index (κ2) is 9.85. The molecular formula is C24H26N2O4S2. The molecule has 1 aliphatic heterocycles. The third kappa shape index (κ3) is 4.87. The number of amides is 1. The van der Waals surface area contributed by atoms with Gasteiger partial charge in [0.1, 0.15) is 9.96 Å². The van der Waals surface area contributed by atoms with Crippen molar-refractivity contribution < 1.29 is 17.9 Å². The quantitative estimate of drug-likeness (QED) is 0.565. The first-order chi connectivity index (χ1) is 15.5. The summed E-state index contributed by atoms with van der Waals surface area (Å²) in [5.41, 5.74) is 1.90. The van der Waals surface area contributed by atoms with Crippen LogP contribution in [0.15, 0.2) is 76.3 Å². The van der Waals surface area contributed by atoms with Crippen LogP contribution in [0.2, 0.25) is 0 Å². The summed E-state index contributed by atoms with van der Waals surface area (Å²) in [7, 11) is -1.95. The molecule has 4 rings (SSSR count). The van der Waals surface area contributed by atoms with Crippen molar-refractivity contribution in [2.45, 2.75) is 23.1 Å². The van der Waals surface area contributed by atoms with Crippen LogP contribution < -0.4 is 10.1 Å². The lowest BCUT2D eigenvalue weighted by molar-refractivity contribution is -0.126. The molecule has 1 aliphatic rings. The number of thiophene rings is 1. The normalized spacial score (nSPS) is 18.1. The molecule has 2 unspecified atom stereocenters. The van der Waals surface area contributed by atoms with Crippen LogP contribution in [-0.4, -0.2) is 38.8 Å². The minimum Gasteiger partial charge on any atom is -0.497 e. The zero-order valence-electron chi connectivity index (χ0n) is 17.8. The van der Waals surface area contributed by atoms with E-state index in [9.17, 15) is 13.2 Å². The van der Waals surface area contributed by atoms with Crippen molar-refractivity contribution >= 4 is 27.3 Å². The molecule has 1 amide bonds. The maximum absolute atomic E-state index is 13.3. The predicted octanol–water partition coefficient (Wildman–Crippen LogP) is 4.06. The summed E-state index contributed by atoms with van der Waals surface area (Å²) in [5, 5.41) is 4.92. The summed E-state index contributed by atoms with van der Waals surface area (Å²) in [4.78, 5) is 13.3. The van der Waals surface area contributed by atoms with E-state index in [0.717, 1.165) is 16.9 Å². The second-order valence-electron chi connectivity index (χ2n) is 7.76. The highest BCUT2D eigenvalue weighted by Gasteiger charge is 2.34. The molecule has 2 aromatic carbocycles. The Kier molecular flexibility index (Phi) is 6.93. The van der Waals surface area contributed by atoms with Crippen LogP contribution in [0.25, 0.3) is 0 Å². The summed E-state index contributed by atoms with van der Waals surface area (Å²) in [6.07, 6.45) is 1.31. The number of carbonyl (C=O) groups is 1. The third-order valence-corrected chi connectivity index (χ3v) is 8.95. The van der Waals surface area contributed by atoms with Crippen LogP contribution in [0.3, 0.4) is 0 Å². The van der Waals surface area contributed by atoms with Gasteiger partial charge in [-0.05, 0) is 47.5 Å². The summed E-state index contributed by atoms with van der Waals surface area (Å²) in [6, 6.07) is 20.4. The number of methoxy groups -OCH3 is 1. The van der Waals surface area contributed by atoms with E-state index in [1.807, 2.05) is 54.6 Å². The summed E-state index contributed by atoms with van der Waals surface area (Å²) in [5.74, 6) is 0.206. The van der Waals surface area contributed by atoms with Crippen LogP contribution in [0.4, 0.5) is 0 Å². The van der Waals surface area contributed by atoms with E-state index in [4.69, 9.17) is 4.74 Å². The number of piperidine rings is 1. The maximum atomic E-state index is 13.3. The second-order valence-corrected chi connectivity index (χ2v) is 10.9. The number of nitrogens with zero attached hydrogens (tertiary/aromatic N) is 1. The van der Waals surface area contributed by atoms with Crippen LogP contribution in [-0.2, 0) is 14.8 Å². The van der Waals surface area contributed by atoms with E-state index < -0.39 is 15.9 Å². The lowest BCUT2D eigenvalue weighted by Gasteiger charge is -2.32. The number of sulfonamides is 1. The molecule has 8 heteroatoms. The van der Waals surface area contributed by atoms with Crippen LogP contribution in [0.1, 0.15) is 30.0 Å². The first-order valence-corrected chi connectivity index (χ1v) is 12.8. The molecule has 0 aliphatic carbocycles. The molecule has 168 valence electrons. The maximum Gasteiger partial charge on any atom is 0.252 e. The summed E-state index contributed by atoms with van der Waals surface area (Å²) < 4.78 is 32.9. The van der Waals surface area contributed by atoms with Crippen molar-refractivity contribution in [2.24, 2.45) is 5.92 Å². The van der Waals surface area contributed by atoms with Gasteiger partial charge in [0.05, 0.1) is 19.1 Å².